The van der Waals surface area contributed by atoms with E-state index >= 15 is 0 Å². The van der Waals surface area contributed by atoms with Gasteiger partial charge >= 0.3 is 0 Å². The number of hydrogen-bond donors (Lipinski definition) is 1. The van der Waals surface area contributed by atoms with Crippen LogP contribution in [0, 0.1) is 11.8 Å². The van der Waals surface area contributed by atoms with Gasteiger partial charge in [0.05, 0.1) is 11.5 Å². The molecular formula is C16H23NO3S. The van der Waals surface area contributed by atoms with Gasteiger partial charge in [-0.05, 0) is 38.5 Å². The predicted molar refractivity (Wildman–Crippen MR) is 84.3 cm³/mol. The number of benzene rings is 1. The largest absolute Gasteiger partial charge is 0.395 e. The molecule has 0 saturated carbocycles. The highest BCUT2D eigenvalue weighted by atomic mass is 32.2. The number of rotatable bonds is 5. The third-order valence-corrected chi connectivity index (χ3v) is 5.74. The van der Waals surface area contributed by atoms with Crippen LogP contribution in [0.15, 0.2) is 29.2 Å². The van der Waals surface area contributed by atoms with Crippen LogP contribution in [0.25, 0.3) is 0 Å². The third kappa shape index (κ3) is 4.31. The molecule has 21 heavy (non-hydrogen) atoms. The first-order valence-electron chi connectivity index (χ1n) is 6.94. The first kappa shape index (κ1) is 17.7. The Morgan fingerprint density at radius 1 is 1.33 bits per heavy atom. The normalized spacial score (nSPS) is 12.1. The van der Waals surface area contributed by atoms with E-state index in [0.29, 0.717) is 12.0 Å². The molecule has 4 nitrogen and oxygen atoms in total. The molecule has 1 N–H and O–H groups in total. The van der Waals surface area contributed by atoms with Crippen molar-refractivity contribution in [3.05, 3.63) is 29.8 Å². The van der Waals surface area contributed by atoms with Gasteiger partial charge in [0.15, 0.2) is 0 Å². The Kier molecular flexibility index (Phi) is 5.97. The van der Waals surface area contributed by atoms with Crippen molar-refractivity contribution < 1.29 is 13.5 Å². The molecule has 0 bridgehead atoms. The van der Waals surface area contributed by atoms with E-state index < -0.39 is 15.6 Å². The molecule has 1 rings (SSSR count). The van der Waals surface area contributed by atoms with Gasteiger partial charge in [-0.25, -0.2) is 8.42 Å². The van der Waals surface area contributed by atoms with Crippen LogP contribution in [-0.2, 0) is 10.0 Å². The Morgan fingerprint density at radius 2 is 2.00 bits per heavy atom. The molecule has 0 aliphatic carbocycles. The Labute approximate surface area is 127 Å². The summed E-state index contributed by atoms with van der Waals surface area (Å²) in [5, 5.41) is 8.71. The summed E-state index contributed by atoms with van der Waals surface area (Å²) in [5.41, 5.74) is 0.185. The maximum Gasteiger partial charge on any atom is 0.243 e. The van der Waals surface area contributed by atoms with Crippen molar-refractivity contribution in [1.29, 1.82) is 0 Å². The van der Waals surface area contributed by atoms with Gasteiger partial charge in [0.25, 0.3) is 0 Å². The van der Waals surface area contributed by atoms with Crippen molar-refractivity contribution in [2.24, 2.45) is 0 Å². The van der Waals surface area contributed by atoms with Gasteiger partial charge in [-0.15, -0.1) is 0 Å². The molecule has 116 valence electrons. The molecule has 1 aromatic rings. The Morgan fingerprint density at radius 3 is 2.57 bits per heavy atom. The van der Waals surface area contributed by atoms with Crippen molar-refractivity contribution in [2.45, 2.75) is 44.0 Å². The minimum atomic E-state index is -3.55. The summed E-state index contributed by atoms with van der Waals surface area (Å²) in [6.45, 7) is 5.76. The average molecular weight is 309 g/mol. The molecule has 0 aliphatic rings. The van der Waals surface area contributed by atoms with Gasteiger partial charge in [-0.3, -0.25) is 0 Å². The highest BCUT2D eigenvalue weighted by Crippen LogP contribution is 2.25. The summed E-state index contributed by atoms with van der Waals surface area (Å²) < 4.78 is 26.7. The predicted octanol–water partition coefficient (Wildman–Crippen LogP) is 2.23. The lowest BCUT2D eigenvalue weighted by Crippen LogP contribution is -2.44. The van der Waals surface area contributed by atoms with E-state index in [9.17, 15) is 8.42 Å². The zero-order valence-electron chi connectivity index (χ0n) is 13.0. The van der Waals surface area contributed by atoms with Crippen LogP contribution in [0.5, 0.6) is 0 Å². The van der Waals surface area contributed by atoms with Gasteiger partial charge in [0.2, 0.25) is 10.0 Å². The van der Waals surface area contributed by atoms with E-state index in [2.05, 4.69) is 11.8 Å². The number of hydrogen-bond acceptors (Lipinski definition) is 3. The first-order chi connectivity index (χ1) is 9.75. The zero-order chi connectivity index (χ0) is 16.1. The molecule has 0 heterocycles. The summed E-state index contributed by atoms with van der Waals surface area (Å²) in [6, 6.07) is 6.59. The SMILES string of the molecule is CCC(C)(C)N(C)S(=O)(=O)c1cccc(C#CCCO)c1. The van der Waals surface area contributed by atoms with E-state index in [1.54, 1.807) is 31.3 Å². The molecule has 0 unspecified atom stereocenters. The molecule has 0 aromatic heterocycles. The van der Waals surface area contributed by atoms with E-state index in [4.69, 9.17) is 5.11 Å². The number of nitrogens with zero attached hydrogens (tertiary/aromatic N) is 1. The standard InChI is InChI=1S/C16H23NO3S/c1-5-16(2,3)17(4)21(19,20)15-11-8-10-14(13-15)9-6-7-12-18/h8,10-11,13,18H,5,7,12H2,1-4H3. The fourth-order valence-corrected chi connectivity index (χ4v) is 3.28. The van der Waals surface area contributed by atoms with Crippen molar-refractivity contribution >= 4 is 10.0 Å². The summed E-state index contributed by atoms with van der Waals surface area (Å²) in [6.07, 6.45) is 1.10. The molecule has 0 amide bonds. The van der Waals surface area contributed by atoms with Gasteiger partial charge < -0.3 is 5.11 Å². The second-order valence-electron chi connectivity index (χ2n) is 5.44. The lowest BCUT2D eigenvalue weighted by Gasteiger charge is -2.33. The molecule has 0 atom stereocenters. The summed E-state index contributed by atoms with van der Waals surface area (Å²) in [4.78, 5) is 0.238. The molecule has 0 spiro atoms. The first-order valence-corrected chi connectivity index (χ1v) is 8.38. The second-order valence-corrected chi connectivity index (χ2v) is 7.41. The molecule has 0 aliphatic heterocycles. The number of aliphatic hydroxyl groups is 1. The highest BCUT2D eigenvalue weighted by Gasteiger charge is 2.32. The van der Waals surface area contributed by atoms with E-state index in [0.717, 1.165) is 6.42 Å². The van der Waals surface area contributed by atoms with Crippen molar-refractivity contribution in [3.63, 3.8) is 0 Å². The minimum Gasteiger partial charge on any atom is -0.395 e. The fourth-order valence-electron chi connectivity index (χ4n) is 1.66. The van der Waals surface area contributed by atoms with Crippen molar-refractivity contribution in [2.75, 3.05) is 13.7 Å². The van der Waals surface area contributed by atoms with Gasteiger partial charge in [0, 0.05) is 24.6 Å². The lowest BCUT2D eigenvalue weighted by molar-refractivity contribution is 0.257. The summed E-state index contributed by atoms with van der Waals surface area (Å²) in [5.74, 6) is 5.65. The van der Waals surface area contributed by atoms with Crippen LogP contribution in [-0.4, -0.2) is 37.0 Å². The smallest absolute Gasteiger partial charge is 0.243 e. The summed E-state index contributed by atoms with van der Waals surface area (Å²) >= 11 is 0. The van der Waals surface area contributed by atoms with Crippen LogP contribution in [0.3, 0.4) is 0 Å². The van der Waals surface area contributed by atoms with E-state index in [-0.39, 0.29) is 11.5 Å². The van der Waals surface area contributed by atoms with Crippen LogP contribution in [0.1, 0.15) is 39.2 Å². The van der Waals surface area contributed by atoms with Crippen LogP contribution < -0.4 is 0 Å². The van der Waals surface area contributed by atoms with Crippen LogP contribution in [0.4, 0.5) is 0 Å². The summed E-state index contributed by atoms with van der Waals surface area (Å²) in [7, 11) is -1.95. The zero-order valence-corrected chi connectivity index (χ0v) is 13.9. The lowest BCUT2D eigenvalue weighted by atomic mass is 10.0. The van der Waals surface area contributed by atoms with Crippen molar-refractivity contribution in [3.8, 4) is 11.8 Å². The van der Waals surface area contributed by atoms with E-state index in [1.807, 2.05) is 20.8 Å². The molecule has 0 radical (unpaired) electrons. The Bertz CT molecular complexity index is 639. The molecule has 1 aromatic carbocycles. The van der Waals surface area contributed by atoms with Crippen molar-refractivity contribution in [1.82, 2.24) is 4.31 Å². The average Bonchev–Trinajstić information content (AvgIpc) is 2.47. The Balaban J connectivity index is 3.16. The third-order valence-electron chi connectivity index (χ3n) is 3.68. The number of aliphatic hydroxyl groups excluding tert-OH is 1. The molecular weight excluding hydrogens is 286 g/mol. The van der Waals surface area contributed by atoms with Gasteiger partial charge in [0.1, 0.15) is 0 Å². The van der Waals surface area contributed by atoms with Crippen LogP contribution in [0.2, 0.25) is 0 Å². The maximum absolute atomic E-state index is 12.7. The minimum absolute atomic E-state index is 0.00157. The van der Waals surface area contributed by atoms with Gasteiger partial charge in [-0.1, -0.05) is 24.8 Å². The second kappa shape index (κ2) is 7.08. The monoisotopic (exact) mass is 309 g/mol. The fraction of sp³-hybridized carbons (Fsp3) is 0.500. The quantitative estimate of drug-likeness (QED) is 0.849. The molecule has 0 fully saturated rings. The molecule has 5 heteroatoms. The Hall–Kier alpha value is -1.35. The topological polar surface area (TPSA) is 57.6 Å². The van der Waals surface area contributed by atoms with Gasteiger partial charge in [-0.2, -0.15) is 4.31 Å². The maximum atomic E-state index is 12.7. The molecule has 0 saturated heterocycles. The van der Waals surface area contributed by atoms with E-state index in [1.165, 1.54) is 4.31 Å². The highest BCUT2D eigenvalue weighted by molar-refractivity contribution is 7.89. The van der Waals surface area contributed by atoms with Crippen LogP contribution >= 0.6 is 0 Å². The number of sulfonamides is 1.